The average Bonchev–Trinajstić information content (AvgIpc) is 3.11. The first-order valence-corrected chi connectivity index (χ1v) is 8.77. The summed E-state index contributed by atoms with van der Waals surface area (Å²) in [6.45, 7) is 5.74. The van der Waals surface area contributed by atoms with Crippen LogP contribution in [-0.4, -0.2) is 71.3 Å². The fourth-order valence-corrected chi connectivity index (χ4v) is 3.46. The Morgan fingerprint density at radius 2 is 1.96 bits per heavy atom. The SMILES string of the molecule is COCCN1CCN(c2ccnc3[nH]cc(-c4ccnc(N)n4)c23)CC1. The van der Waals surface area contributed by atoms with E-state index in [1.165, 1.54) is 5.69 Å². The highest BCUT2D eigenvalue weighted by atomic mass is 16.5. The second-order valence-corrected chi connectivity index (χ2v) is 6.38. The van der Waals surface area contributed by atoms with E-state index in [0.29, 0.717) is 0 Å². The van der Waals surface area contributed by atoms with Gasteiger partial charge in [0.2, 0.25) is 5.95 Å². The summed E-state index contributed by atoms with van der Waals surface area (Å²) in [5.74, 6) is 0.272. The van der Waals surface area contributed by atoms with Gasteiger partial charge in [-0.2, -0.15) is 0 Å². The molecule has 4 rings (SSSR count). The van der Waals surface area contributed by atoms with E-state index in [1.54, 1.807) is 13.3 Å². The maximum absolute atomic E-state index is 5.77. The van der Waals surface area contributed by atoms with E-state index in [9.17, 15) is 0 Å². The summed E-state index contributed by atoms with van der Waals surface area (Å²) in [5.41, 5.74) is 9.61. The third-order valence-electron chi connectivity index (χ3n) is 4.83. The normalized spacial score (nSPS) is 15.7. The number of piperazine rings is 1. The van der Waals surface area contributed by atoms with Gasteiger partial charge in [-0.3, -0.25) is 4.90 Å². The van der Waals surface area contributed by atoms with Crippen LogP contribution in [0.15, 0.2) is 30.7 Å². The first-order valence-electron chi connectivity index (χ1n) is 8.77. The lowest BCUT2D eigenvalue weighted by molar-refractivity contribution is 0.144. The zero-order chi connectivity index (χ0) is 17.9. The molecule has 8 heteroatoms. The molecule has 1 aliphatic rings. The molecule has 3 aromatic heterocycles. The van der Waals surface area contributed by atoms with Crippen molar-refractivity contribution in [2.45, 2.75) is 0 Å². The van der Waals surface area contributed by atoms with Crippen molar-refractivity contribution >= 4 is 22.7 Å². The summed E-state index contributed by atoms with van der Waals surface area (Å²) in [4.78, 5) is 20.9. The molecule has 0 unspecified atom stereocenters. The number of nitrogens with two attached hydrogens (primary N) is 1. The lowest BCUT2D eigenvalue weighted by Crippen LogP contribution is -2.47. The van der Waals surface area contributed by atoms with Gasteiger partial charge in [0.25, 0.3) is 0 Å². The highest BCUT2D eigenvalue weighted by molar-refractivity contribution is 6.02. The molecule has 3 aromatic rings. The number of rotatable bonds is 5. The maximum Gasteiger partial charge on any atom is 0.220 e. The second-order valence-electron chi connectivity index (χ2n) is 6.38. The molecule has 1 aliphatic heterocycles. The van der Waals surface area contributed by atoms with Gasteiger partial charge in [0.1, 0.15) is 5.65 Å². The number of methoxy groups -OCH3 is 1. The standard InChI is InChI=1S/C18H23N7O/c1-26-11-10-24-6-8-25(9-7-24)15-3-5-20-17-16(15)13(12-22-17)14-2-4-21-18(19)23-14/h2-5,12H,6-11H2,1H3,(H,20,22)(H2,19,21,23). The van der Waals surface area contributed by atoms with Crippen LogP contribution in [0.2, 0.25) is 0 Å². The number of nitrogens with one attached hydrogen (secondary N) is 1. The third-order valence-corrected chi connectivity index (χ3v) is 4.83. The highest BCUT2D eigenvalue weighted by Gasteiger charge is 2.21. The largest absolute Gasteiger partial charge is 0.383 e. The molecule has 0 saturated carbocycles. The van der Waals surface area contributed by atoms with Gasteiger partial charge < -0.3 is 20.4 Å². The zero-order valence-corrected chi connectivity index (χ0v) is 14.9. The lowest BCUT2D eigenvalue weighted by atomic mass is 10.1. The van der Waals surface area contributed by atoms with Gasteiger partial charge in [-0.25, -0.2) is 15.0 Å². The Labute approximate surface area is 152 Å². The van der Waals surface area contributed by atoms with Gasteiger partial charge in [-0.1, -0.05) is 0 Å². The predicted molar refractivity (Wildman–Crippen MR) is 102 cm³/mol. The van der Waals surface area contributed by atoms with E-state index in [0.717, 1.165) is 61.6 Å². The zero-order valence-electron chi connectivity index (χ0n) is 14.9. The van der Waals surface area contributed by atoms with E-state index >= 15 is 0 Å². The number of hydrogen-bond acceptors (Lipinski definition) is 7. The van der Waals surface area contributed by atoms with E-state index < -0.39 is 0 Å². The molecule has 3 N–H and O–H groups in total. The highest BCUT2D eigenvalue weighted by Crippen LogP contribution is 2.34. The maximum atomic E-state index is 5.77. The van der Waals surface area contributed by atoms with E-state index in [-0.39, 0.29) is 5.95 Å². The molecule has 0 radical (unpaired) electrons. The number of nitrogen functional groups attached to an aromatic ring is 1. The number of pyridine rings is 1. The summed E-state index contributed by atoms with van der Waals surface area (Å²) in [6.07, 6.45) is 5.47. The minimum Gasteiger partial charge on any atom is -0.383 e. The van der Waals surface area contributed by atoms with Gasteiger partial charge in [0.15, 0.2) is 0 Å². The van der Waals surface area contributed by atoms with E-state index in [2.05, 4.69) is 35.8 Å². The second kappa shape index (κ2) is 7.27. The number of hydrogen-bond donors (Lipinski definition) is 2. The van der Waals surface area contributed by atoms with Gasteiger partial charge in [-0.15, -0.1) is 0 Å². The molecule has 0 aliphatic carbocycles. The number of ether oxygens (including phenoxy) is 1. The third kappa shape index (κ3) is 3.21. The van der Waals surface area contributed by atoms with Gasteiger partial charge >= 0.3 is 0 Å². The number of H-pyrrole nitrogens is 1. The monoisotopic (exact) mass is 353 g/mol. The molecule has 0 atom stereocenters. The number of aromatic amines is 1. The predicted octanol–water partition coefficient (Wildman–Crippen LogP) is 1.37. The fraction of sp³-hybridized carbons (Fsp3) is 0.389. The molecule has 0 aromatic carbocycles. The molecule has 26 heavy (non-hydrogen) atoms. The Balaban J connectivity index is 1.65. The summed E-state index contributed by atoms with van der Waals surface area (Å²) in [5, 5.41) is 1.08. The van der Waals surface area contributed by atoms with Crippen LogP contribution in [0.25, 0.3) is 22.3 Å². The fourth-order valence-electron chi connectivity index (χ4n) is 3.46. The van der Waals surface area contributed by atoms with Crippen molar-refractivity contribution in [2.75, 3.05) is 57.1 Å². The lowest BCUT2D eigenvalue weighted by Gasteiger charge is -2.36. The Bertz CT molecular complexity index is 886. The molecule has 1 saturated heterocycles. The summed E-state index contributed by atoms with van der Waals surface area (Å²) in [6, 6.07) is 3.95. The van der Waals surface area contributed by atoms with Crippen LogP contribution >= 0.6 is 0 Å². The van der Waals surface area contributed by atoms with Crippen molar-refractivity contribution < 1.29 is 4.74 Å². The first-order chi connectivity index (χ1) is 12.8. The number of fused-ring (bicyclic) bond motifs is 1. The van der Waals surface area contributed by atoms with Crippen molar-refractivity contribution in [2.24, 2.45) is 0 Å². The van der Waals surface area contributed by atoms with Crippen molar-refractivity contribution in [1.29, 1.82) is 0 Å². The van der Waals surface area contributed by atoms with Crippen LogP contribution in [0.4, 0.5) is 11.6 Å². The Kier molecular flexibility index (Phi) is 4.68. The van der Waals surface area contributed by atoms with Crippen molar-refractivity contribution in [3.63, 3.8) is 0 Å². The van der Waals surface area contributed by atoms with Gasteiger partial charge in [-0.05, 0) is 12.1 Å². The summed E-state index contributed by atoms with van der Waals surface area (Å²) in [7, 11) is 1.75. The molecule has 0 spiro atoms. The number of aromatic nitrogens is 4. The van der Waals surface area contributed by atoms with Crippen molar-refractivity contribution in [1.82, 2.24) is 24.8 Å². The van der Waals surface area contributed by atoms with E-state index in [4.69, 9.17) is 10.5 Å². The minimum atomic E-state index is 0.272. The Morgan fingerprint density at radius 1 is 1.15 bits per heavy atom. The molecule has 4 heterocycles. The van der Waals surface area contributed by atoms with Gasteiger partial charge in [0.05, 0.1) is 23.4 Å². The molecule has 8 nitrogen and oxygen atoms in total. The topological polar surface area (TPSA) is 96.2 Å². The number of nitrogens with zero attached hydrogens (tertiary/aromatic N) is 5. The molecular weight excluding hydrogens is 330 g/mol. The van der Waals surface area contributed by atoms with Crippen molar-refractivity contribution in [3.05, 3.63) is 30.7 Å². The van der Waals surface area contributed by atoms with E-state index in [1.807, 2.05) is 18.5 Å². The van der Waals surface area contributed by atoms with Crippen molar-refractivity contribution in [3.8, 4) is 11.3 Å². The summed E-state index contributed by atoms with van der Waals surface area (Å²) >= 11 is 0. The van der Waals surface area contributed by atoms with Crippen LogP contribution in [0.5, 0.6) is 0 Å². The Hall–Kier alpha value is -2.71. The van der Waals surface area contributed by atoms with Crippen LogP contribution < -0.4 is 10.6 Å². The molecule has 0 amide bonds. The smallest absolute Gasteiger partial charge is 0.220 e. The Morgan fingerprint density at radius 3 is 2.73 bits per heavy atom. The molecule has 136 valence electrons. The summed E-state index contributed by atoms with van der Waals surface area (Å²) < 4.78 is 5.19. The molecule has 0 bridgehead atoms. The van der Waals surface area contributed by atoms with Crippen LogP contribution in [0.3, 0.4) is 0 Å². The molecular formula is C18H23N7O. The van der Waals surface area contributed by atoms with Crippen LogP contribution in [0, 0.1) is 0 Å². The van der Waals surface area contributed by atoms with Crippen LogP contribution in [-0.2, 0) is 4.74 Å². The van der Waals surface area contributed by atoms with Gasteiger partial charge in [0, 0.05) is 64.0 Å². The molecule has 1 fully saturated rings. The quantitative estimate of drug-likeness (QED) is 0.715. The first kappa shape index (κ1) is 16.7. The minimum absolute atomic E-state index is 0.272. The van der Waals surface area contributed by atoms with Crippen LogP contribution in [0.1, 0.15) is 0 Å². The average molecular weight is 353 g/mol. The number of anilines is 2.